The van der Waals surface area contributed by atoms with Gasteiger partial charge < -0.3 is 23.7 Å². The lowest BCUT2D eigenvalue weighted by Gasteiger charge is -2.26. The van der Waals surface area contributed by atoms with Gasteiger partial charge in [-0.1, -0.05) is 36.4 Å². The number of ether oxygens (including phenoxy) is 1. The minimum atomic E-state index is -0.585. The third-order valence-electron chi connectivity index (χ3n) is 6.60. The number of carbonyl (C=O) groups is 1. The highest BCUT2D eigenvalue weighted by Gasteiger charge is 2.54. The number of rotatable bonds is 6. The zero-order valence-corrected chi connectivity index (χ0v) is 19.7. The molecular formula is C27H24N4O4. The van der Waals surface area contributed by atoms with Crippen LogP contribution in [-0.2, 0) is 16.6 Å². The number of aromatic nitrogens is 3. The predicted molar refractivity (Wildman–Crippen MR) is 129 cm³/mol. The Morgan fingerprint density at radius 2 is 2.00 bits per heavy atom. The molecule has 0 aliphatic carbocycles. The molecule has 0 bridgehead atoms. The number of Topliss-reactive ketones (excluding diaryl/α,β-unsaturated/α-hetero) is 1. The molecule has 1 unspecified atom stereocenters. The summed E-state index contributed by atoms with van der Waals surface area (Å²) >= 11 is 0. The lowest BCUT2D eigenvalue weighted by atomic mass is 9.74. The van der Waals surface area contributed by atoms with Crippen molar-refractivity contribution in [3.8, 4) is 17.3 Å². The number of oxazole rings is 1. The van der Waals surface area contributed by atoms with E-state index in [1.807, 2.05) is 31.2 Å². The number of para-hydroxylation sites is 1. The minimum Gasteiger partial charge on any atom is -0.469 e. The molecular weight excluding hydrogens is 444 g/mol. The van der Waals surface area contributed by atoms with Crippen LogP contribution in [0.2, 0.25) is 0 Å². The number of anilines is 1. The van der Waals surface area contributed by atoms with Crippen molar-refractivity contribution >= 4 is 17.0 Å². The van der Waals surface area contributed by atoms with Crippen LogP contribution >= 0.6 is 0 Å². The quantitative estimate of drug-likeness (QED) is 0.417. The van der Waals surface area contributed by atoms with Crippen LogP contribution in [0, 0.1) is 6.92 Å². The minimum absolute atomic E-state index is 0.175. The van der Waals surface area contributed by atoms with E-state index in [9.17, 15) is 4.79 Å². The molecule has 0 amide bonds. The number of allylic oxidation sites excluding steroid dienone is 1. The van der Waals surface area contributed by atoms with Gasteiger partial charge in [-0.15, -0.1) is 10.2 Å². The number of hydrogen-bond donors (Lipinski definition) is 1. The SMILES string of the molecule is CC(=O)CCc1ccc2c(c1)[C@]1(/C=C(/C)c3nc(-c4nnc(C)o4)co3)c3ccccc3NC1O2. The number of ketones is 1. The van der Waals surface area contributed by atoms with Crippen molar-refractivity contribution in [1.82, 2.24) is 15.2 Å². The highest BCUT2D eigenvalue weighted by molar-refractivity contribution is 5.77. The second kappa shape index (κ2) is 7.94. The van der Waals surface area contributed by atoms with Crippen molar-refractivity contribution in [1.29, 1.82) is 0 Å². The van der Waals surface area contributed by atoms with Crippen molar-refractivity contribution in [2.24, 2.45) is 0 Å². The first kappa shape index (κ1) is 21.3. The Labute approximate surface area is 202 Å². The summed E-state index contributed by atoms with van der Waals surface area (Å²) in [5.41, 5.74) is 5.05. The summed E-state index contributed by atoms with van der Waals surface area (Å²) in [4.78, 5) is 16.2. The lowest BCUT2D eigenvalue weighted by molar-refractivity contribution is -0.116. The van der Waals surface area contributed by atoms with Gasteiger partial charge in [0.1, 0.15) is 23.2 Å². The Morgan fingerprint density at radius 1 is 1.14 bits per heavy atom. The Hall–Kier alpha value is -4.20. The van der Waals surface area contributed by atoms with Crippen molar-refractivity contribution in [2.45, 2.75) is 45.3 Å². The highest BCUT2D eigenvalue weighted by Crippen LogP contribution is 2.55. The van der Waals surface area contributed by atoms with E-state index >= 15 is 0 Å². The number of carbonyl (C=O) groups excluding carboxylic acids is 1. The van der Waals surface area contributed by atoms with E-state index in [0.29, 0.717) is 36.2 Å². The van der Waals surface area contributed by atoms with Crippen molar-refractivity contribution in [2.75, 3.05) is 5.32 Å². The first-order valence-electron chi connectivity index (χ1n) is 11.6. The Morgan fingerprint density at radius 3 is 2.80 bits per heavy atom. The van der Waals surface area contributed by atoms with Crippen LogP contribution in [0.4, 0.5) is 5.69 Å². The zero-order valence-electron chi connectivity index (χ0n) is 19.7. The maximum atomic E-state index is 11.6. The van der Waals surface area contributed by atoms with Gasteiger partial charge in [0, 0.05) is 30.2 Å². The van der Waals surface area contributed by atoms with Gasteiger partial charge in [0.25, 0.3) is 5.89 Å². The molecule has 6 rings (SSSR count). The lowest BCUT2D eigenvalue weighted by Crippen LogP contribution is -2.37. The number of hydrogen-bond acceptors (Lipinski definition) is 8. The summed E-state index contributed by atoms with van der Waals surface area (Å²) in [5.74, 6) is 2.25. The number of aryl methyl sites for hydroxylation is 2. The molecule has 35 heavy (non-hydrogen) atoms. The molecule has 2 aromatic heterocycles. The van der Waals surface area contributed by atoms with E-state index in [4.69, 9.17) is 13.6 Å². The topological polar surface area (TPSA) is 103 Å². The second-order valence-corrected chi connectivity index (χ2v) is 9.08. The summed E-state index contributed by atoms with van der Waals surface area (Å²) in [6.07, 6.45) is 4.56. The molecule has 4 heterocycles. The maximum absolute atomic E-state index is 11.6. The molecule has 8 heteroatoms. The van der Waals surface area contributed by atoms with Crippen LogP contribution in [0.3, 0.4) is 0 Å². The summed E-state index contributed by atoms with van der Waals surface area (Å²) < 4.78 is 17.7. The van der Waals surface area contributed by atoms with E-state index < -0.39 is 5.41 Å². The summed E-state index contributed by atoms with van der Waals surface area (Å²) in [6, 6.07) is 14.4. The van der Waals surface area contributed by atoms with Crippen LogP contribution in [0.25, 0.3) is 17.2 Å². The fourth-order valence-electron chi connectivity index (χ4n) is 4.97. The Balaban J connectivity index is 1.46. The van der Waals surface area contributed by atoms with Gasteiger partial charge in [0.05, 0.1) is 0 Å². The smallest absolute Gasteiger partial charge is 0.269 e. The number of fused-ring (bicyclic) bond motifs is 5. The van der Waals surface area contributed by atoms with Crippen LogP contribution in [0.1, 0.15) is 48.7 Å². The normalized spacial score (nSPS) is 20.1. The fourth-order valence-corrected chi connectivity index (χ4v) is 4.97. The maximum Gasteiger partial charge on any atom is 0.269 e. The number of nitrogens with zero attached hydrogens (tertiary/aromatic N) is 3. The van der Waals surface area contributed by atoms with Crippen LogP contribution in [-0.4, -0.2) is 27.2 Å². The van der Waals surface area contributed by atoms with Gasteiger partial charge in [-0.25, -0.2) is 4.98 Å². The first-order valence-corrected chi connectivity index (χ1v) is 11.6. The summed E-state index contributed by atoms with van der Waals surface area (Å²) in [5, 5.41) is 11.4. The van der Waals surface area contributed by atoms with Gasteiger partial charge in [0.15, 0.2) is 11.9 Å². The summed E-state index contributed by atoms with van der Waals surface area (Å²) in [6.45, 7) is 5.32. The van der Waals surface area contributed by atoms with E-state index in [0.717, 1.165) is 33.7 Å². The molecule has 2 atom stereocenters. The van der Waals surface area contributed by atoms with Gasteiger partial charge >= 0.3 is 0 Å². The molecule has 0 saturated heterocycles. The van der Waals surface area contributed by atoms with Crippen molar-refractivity contribution < 1.29 is 18.4 Å². The molecule has 0 saturated carbocycles. The molecule has 176 valence electrons. The first-order chi connectivity index (χ1) is 16.9. The standard InChI is InChI=1S/C27H24N4O4/c1-15(24-28-22(14-33-24)25-31-30-17(3)34-25)13-27-19-6-4-5-7-21(19)29-26(27)35-23-11-10-18(12-20(23)27)9-8-16(2)32/h4-7,10-14,26,29H,8-9H2,1-3H3/b15-13-/t26?,27-/m0/s1. The largest absolute Gasteiger partial charge is 0.469 e. The predicted octanol–water partition coefficient (Wildman–Crippen LogP) is 5.09. The third kappa shape index (κ3) is 3.44. The number of benzene rings is 2. The van der Waals surface area contributed by atoms with Crippen molar-refractivity contribution in [3.63, 3.8) is 0 Å². The molecule has 4 aromatic rings. The molecule has 0 spiro atoms. The van der Waals surface area contributed by atoms with Gasteiger partial charge in [-0.05, 0) is 43.5 Å². The van der Waals surface area contributed by atoms with Crippen LogP contribution in [0.5, 0.6) is 5.75 Å². The highest BCUT2D eigenvalue weighted by atomic mass is 16.5. The summed E-state index contributed by atoms with van der Waals surface area (Å²) in [7, 11) is 0. The molecule has 2 aliphatic heterocycles. The van der Waals surface area contributed by atoms with Gasteiger partial charge in [-0.3, -0.25) is 0 Å². The average Bonchev–Trinajstić information content (AvgIpc) is 3.60. The molecule has 8 nitrogen and oxygen atoms in total. The van der Waals surface area contributed by atoms with Crippen molar-refractivity contribution in [3.05, 3.63) is 83.3 Å². The molecule has 0 radical (unpaired) electrons. The zero-order chi connectivity index (χ0) is 24.2. The second-order valence-electron chi connectivity index (χ2n) is 9.08. The molecule has 0 fully saturated rings. The van der Waals surface area contributed by atoms with Crippen LogP contribution in [0.15, 0.2) is 63.6 Å². The van der Waals surface area contributed by atoms with Crippen LogP contribution < -0.4 is 10.1 Å². The molecule has 2 aromatic carbocycles. The Bertz CT molecular complexity index is 1480. The molecule has 2 aliphatic rings. The van der Waals surface area contributed by atoms with E-state index in [2.05, 4.69) is 44.8 Å². The Kier molecular flexibility index (Phi) is 4.84. The van der Waals surface area contributed by atoms with E-state index in [-0.39, 0.29) is 12.0 Å². The van der Waals surface area contributed by atoms with E-state index in [1.165, 1.54) is 6.26 Å². The van der Waals surface area contributed by atoms with Gasteiger partial charge in [-0.2, -0.15) is 0 Å². The van der Waals surface area contributed by atoms with Gasteiger partial charge in [0.2, 0.25) is 11.8 Å². The van der Waals surface area contributed by atoms with E-state index in [1.54, 1.807) is 13.8 Å². The number of nitrogens with one attached hydrogen (secondary N) is 1. The third-order valence-corrected chi connectivity index (χ3v) is 6.60. The monoisotopic (exact) mass is 468 g/mol. The average molecular weight is 469 g/mol. The molecule has 1 N–H and O–H groups in total. The fraction of sp³-hybridized carbons (Fsp3) is 0.259.